The second kappa shape index (κ2) is 5.99. The third kappa shape index (κ3) is 3.31. The Hall–Kier alpha value is -2.37. The Kier molecular flexibility index (Phi) is 4.12. The summed E-state index contributed by atoms with van der Waals surface area (Å²) in [6, 6.07) is 7.52. The number of hydrogen-bond donors (Lipinski definition) is 0. The van der Waals surface area contributed by atoms with Gasteiger partial charge in [0.15, 0.2) is 5.82 Å². The van der Waals surface area contributed by atoms with Crippen LogP contribution in [0.1, 0.15) is 29.0 Å². The first-order valence-electron chi connectivity index (χ1n) is 5.85. The number of esters is 1. The summed E-state index contributed by atoms with van der Waals surface area (Å²) >= 11 is 0. The van der Waals surface area contributed by atoms with Gasteiger partial charge in [0.1, 0.15) is 5.75 Å². The predicted molar refractivity (Wildman–Crippen MR) is 66.1 cm³/mol. The molecule has 0 atom stereocenters. The van der Waals surface area contributed by atoms with Crippen LogP contribution in [-0.4, -0.2) is 29.8 Å². The van der Waals surface area contributed by atoms with Gasteiger partial charge in [0.05, 0.1) is 13.7 Å². The molecule has 6 heteroatoms. The molecule has 0 spiro atoms. The number of hydrogen-bond acceptors (Lipinski definition) is 6. The molecule has 100 valence electrons. The van der Waals surface area contributed by atoms with Crippen molar-refractivity contribution in [1.29, 1.82) is 0 Å². The Morgan fingerprint density at radius 3 is 3.00 bits per heavy atom. The molecule has 0 amide bonds. The van der Waals surface area contributed by atoms with Gasteiger partial charge < -0.3 is 14.0 Å². The number of carbonyl (C=O) groups is 1. The van der Waals surface area contributed by atoms with Crippen molar-refractivity contribution in [1.82, 2.24) is 10.1 Å². The third-order valence-corrected chi connectivity index (χ3v) is 2.41. The van der Waals surface area contributed by atoms with Gasteiger partial charge in [-0.05, 0) is 24.6 Å². The minimum absolute atomic E-state index is 0.125. The zero-order valence-corrected chi connectivity index (χ0v) is 10.8. The van der Waals surface area contributed by atoms with Crippen LogP contribution < -0.4 is 4.74 Å². The Morgan fingerprint density at radius 1 is 1.42 bits per heavy atom. The average Bonchev–Trinajstić information content (AvgIpc) is 2.88. The molecule has 6 nitrogen and oxygen atoms in total. The van der Waals surface area contributed by atoms with Crippen molar-refractivity contribution in [2.75, 3.05) is 13.7 Å². The molecule has 0 saturated heterocycles. The van der Waals surface area contributed by atoms with Crippen LogP contribution in [-0.2, 0) is 11.2 Å². The van der Waals surface area contributed by atoms with Crippen molar-refractivity contribution in [2.24, 2.45) is 0 Å². The quantitative estimate of drug-likeness (QED) is 0.765. The number of methoxy groups -OCH3 is 1. The normalized spacial score (nSPS) is 10.2. The van der Waals surface area contributed by atoms with Gasteiger partial charge in [-0.3, -0.25) is 0 Å². The first-order valence-corrected chi connectivity index (χ1v) is 5.85. The van der Waals surface area contributed by atoms with E-state index in [1.54, 1.807) is 14.0 Å². The molecule has 0 bridgehead atoms. The number of aromatic nitrogens is 2. The van der Waals surface area contributed by atoms with E-state index < -0.39 is 5.97 Å². The van der Waals surface area contributed by atoms with Crippen molar-refractivity contribution in [3.63, 3.8) is 0 Å². The molecule has 1 aromatic carbocycles. The minimum atomic E-state index is -0.605. The molecule has 0 unspecified atom stereocenters. The van der Waals surface area contributed by atoms with Crippen LogP contribution >= 0.6 is 0 Å². The van der Waals surface area contributed by atoms with Crippen LogP contribution in [0.2, 0.25) is 0 Å². The van der Waals surface area contributed by atoms with Gasteiger partial charge in [0, 0.05) is 6.42 Å². The Morgan fingerprint density at radius 2 is 2.26 bits per heavy atom. The molecular weight excluding hydrogens is 248 g/mol. The van der Waals surface area contributed by atoms with Crippen LogP contribution in [0.5, 0.6) is 5.75 Å². The van der Waals surface area contributed by atoms with Crippen LogP contribution in [0.25, 0.3) is 0 Å². The highest BCUT2D eigenvalue weighted by molar-refractivity contribution is 5.83. The number of rotatable bonds is 5. The second-order valence-electron chi connectivity index (χ2n) is 3.76. The highest BCUT2D eigenvalue weighted by atomic mass is 16.6. The number of ether oxygens (including phenoxy) is 2. The summed E-state index contributed by atoms with van der Waals surface area (Å²) in [6.07, 6.45) is 0.458. The summed E-state index contributed by atoms with van der Waals surface area (Å²) in [5.41, 5.74) is 0.968. The van der Waals surface area contributed by atoms with Crippen molar-refractivity contribution in [3.8, 4) is 5.75 Å². The summed E-state index contributed by atoms with van der Waals surface area (Å²) in [7, 11) is 1.60. The lowest BCUT2D eigenvalue weighted by molar-refractivity contribution is 0.0470. The molecular formula is C13H14N2O4. The lowest BCUT2D eigenvalue weighted by Gasteiger charge is -2.01. The lowest BCUT2D eigenvalue weighted by atomic mass is 10.1. The van der Waals surface area contributed by atoms with Gasteiger partial charge in [-0.2, -0.15) is 4.98 Å². The number of nitrogens with zero attached hydrogens (tertiary/aromatic N) is 2. The van der Waals surface area contributed by atoms with Crippen LogP contribution in [0.15, 0.2) is 28.8 Å². The van der Waals surface area contributed by atoms with E-state index in [-0.39, 0.29) is 12.5 Å². The topological polar surface area (TPSA) is 74.5 Å². The summed E-state index contributed by atoms with van der Waals surface area (Å²) in [6.45, 7) is 1.98. The van der Waals surface area contributed by atoms with Crippen molar-refractivity contribution in [2.45, 2.75) is 13.3 Å². The predicted octanol–water partition coefficient (Wildman–Crippen LogP) is 1.85. The van der Waals surface area contributed by atoms with Gasteiger partial charge in [0.25, 0.3) is 0 Å². The molecule has 1 aromatic heterocycles. The van der Waals surface area contributed by atoms with Crippen molar-refractivity contribution in [3.05, 3.63) is 41.5 Å². The van der Waals surface area contributed by atoms with Gasteiger partial charge in [-0.15, -0.1) is 0 Å². The first kappa shape index (κ1) is 13.1. The van der Waals surface area contributed by atoms with E-state index in [0.29, 0.717) is 12.2 Å². The van der Waals surface area contributed by atoms with E-state index in [1.807, 2.05) is 24.3 Å². The second-order valence-corrected chi connectivity index (χ2v) is 3.76. The highest BCUT2D eigenvalue weighted by Gasteiger charge is 2.16. The summed E-state index contributed by atoms with van der Waals surface area (Å²) in [5, 5.41) is 3.74. The molecule has 0 fully saturated rings. The molecule has 19 heavy (non-hydrogen) atoms. The maximum Gasteiger partial charge on any atom is 0.397 e. The molecule has 2 aromatic rings. The fraction of sp³-hybridized carbons (Fsp3) is 0.308. The van der Waals surface area contributed by atoms with Gasteiger partial charge in [-0.25, -0.2) is 4.79 Å². The zero-order chi connectivity index (χ0) is 13.7. The van der Waals surface area contributed by atoms with E-state index >= 15 is 0 Å². The largest absolute Gasteiger partial charge is 0.497 e. The average molecular weight is 262 g/mol. The van der Waals surface area contributed by atoms with Crippen LogP contribution in [0.3, 0.4) is 0 Å². The summed E-state index contributed by atoms with van der Waals surface area (Å²) in [5.74, 6) is 0.453. The maximum absolute atomic E-state index is 11.4. The van der Waals surface area contributed by atoms with Gasteiger partial charge >= 0.3 is 11.9 Å². The van der Waals surface area contributed by atoms with Crippen LogP contribution in [0.4, 0.5) is 0 Å². The van der Waals surface area contributed by atoms with Crippen molar-refractivity contribution >= 4 is 5.97 Å². The summed E-state index contributed by atoms with van der Waals surface area (Å²) < 4.78 is 14.7. The van der Waals surface area contributed by atoms with Crippen LogP contribution in [0, 0.1) is 0 Å². The Bertz CT molecular complexity index is 565. The standard InChI is InChI=1S/C13H14N2O4/c1-3-18-13(16)12-14-11(15-19-12)8-9-5-4-6-10(7-9)17-2/h4-7H,3,8H2,1-2H3. The molecule has 0 saturated carbocycles. The van der Waals surface area contributed by atoms with E-state index in [4.69, 9.17) is 14.0 Å². The van der Waals surface area contributed by atoms with E-state index in [1.165, 1.54) is 0 Å². The van der Waals surface area contributed by atoms with Crippen molar-refractivity contribution < 1.29 is 18.8 Å². The van der Waals surface area contributed by atoms with E-state index in [0.717, 1.165) is 11.3 Å². The molecule has 0 aliphatic carbocycles. The number of carbonyl (C=O) groups excluding carboxylic acids is 1. The molecule has 1 heterocycles. The van der Waals surface area contributed by atoms with E-state index in [9.17, 15) is 4.79 Å². The highest BCUT2D eigenvalue weighted by Crippen LogP contribution is 2.15. The lowest BCUT2D eigenvalue weighted by Crippen LogP contribution is -2.05. The Balaban J connectivity index is 2.09. The SMILES string of the molecule is CCOC(=O)c1nc(Cc2cccc(OC)c2)no1. The Labute approximate surface area is 110 Å². The molecule has 0 N–H and O–H groups in total. The van der Waals surface area contributed by atoms with E-state index in [2.05, 4.69) is 10.1 Å². The fourth-order valence-corrected chi connectivity index (χ4v) is 1.57. The first-order chi connectivity index (χ1) is 9.22. The van der Waals surface area contributed by atoms with Gasteiger partial charge in [-0.1, -0.05) is 17.3 Å². The number of benzene rings is 1. The smallest absolute Gasteiger partial charge is 0.397 e. The maximum atomic E-state index is 11.4. The molecule has 2 rings (SSSR count). The summed E-state index contributed by atoms with van der Waals surface area (Å²) in [4.78, 5) is 15.4. The minimum Gasteiger partial charge on any atom is -0.497 e. The third-order valence-electron chi connectivity index (χ3n) is 2.41. The molecule has 0 aliphatic heterocycles. The molecule has 0 aliphatic rings. The zero-order valence-electron chi connectivity index (χ0n) is 10.8. The van der Waals surface area contributed by atoms with Gasteiger partial charge in [0.2, 0.25) is 0 Å². The molecule has 0 radical (unpaired) electrons. The monoisotopic (exact) mass is 262 g/mol. The fourth-order valence-electron chi connectivity index (χ4n) is 1.57.